The zero-order valence-electron chi connectivity index (χ0n) is 16.4. The largest absolute Gasteiger partial charge is 0.416 e. The van der Waals surface area contributed by atoms with Gasteiger partial charge in [0, 0.05) is 18.0 Å². The molecular weight excluding hydrogens is 445 g/mol. The van der Waals surface area contributed by atoms with Crippen molar-refractivity contribution >= 4 is 46.8 Å². The summed E-state index contributed by atoms with van der Waals surface area (Å²) in [5, 5.41) is 2.63. The lowest BCUT2D eigenvalue weighted by molar-refractivity contribution is -0.137. The Bertz CT molecular complexity index is 1350. The maximum absolute atomic E-state index is 12.9. The second-order valence-electron chi connectivity index (χ2n) is 6.76. The van der Waals surface area contributed by atoms with Crippen LogP contribution in [0.1, 0.15) is 27.0 Å². The van der Waals surface area contributed by atoms with E-state index in [4.69, 9.17) is 11.6 Å². The Labute approximate surface area is 184 Å². The average Bonchev–Trinajstić information content (AvgIpc) is 3.17. The van der Waals surface area contributed by atoms with Gasteiger partial charge in [0.05, 0.1) is 5.56 Å². The third-order valence-corrected chi connectivity index (χ3v) is 4.88. The van der Waals surface area contributed by atoms with Gasteiger partial charge >= 0.3 is 6.18 Å². The van der Waals surface area contributed by atoms with Crippen molar-refractivity contribution in [2.45, 2.75) is 13.1 Å². The summed E-state index contributed by atoms with van der Waals surface area (Å²) < 4.78 is 40.3. The van der Waals surface area contributed by atoms with Crippen LogP contribution < -0.4 is 5.32 Å². The lowest BCUT2D eigenvalue weighted by Gasteiger charge is -2.10. The van der Waals surface area contributed by atoms with Crippen molar-refractivity contribution in [3.8, 4) is 0 Å². The molecule has 1 aromatic carbocycles. The maximum Gasteiger partial charge on any atom is 0.416 e. The molecule has 4 rings (SSSR count). The minimum Gasteiger partial charge on any atom is -0.307 e. The third kappa shape index (κ3) is 4.45. The van der Waals surface area contributed by atoms with Gasteiger partial charge in [0.25, 0.3) is 5.91 Å². The van der Waals surface area contributed by atoms with Gasteiger partial charge in [-0.15, -0.1) is 0 Å². The fraction of sp³-hybridized carbons (Fsp3) is 0.0952. The van der Waals surface area contributed by atoms with E-state index in [9.17, 15) is 18.0 Å². The number of pyridine rings is 1. The van der Waals surface area contributed by atoms with Crippen LogP contribution in [0.25, 0.3) is 23.4 Å². The molecule has 3 aromatic heterocycles. The minimum atomic E-state index is -4.53. The predicted molar refractivity (Wildman–Crippen MR) is 114 cm³/mol. The van der Waals surface area contributed by atoms with Crippen LogP contribution in [-0.2, 0) is 6.18 Å². The number of halogens is 4. The van der Waals surface area contributed by atoms with Gasteiger partial charge in [-0.1, -0.05) is 17.7 Å². The van der Waals surface area contributed by atoms with Crippen LogP contribution >= 0.6 is 11.6 Å². The molecule has 1 amide bonds. The van der Waals surface area contributed by atoms with Crippen LogP contribution in [0.2, 0.25) is 5.15 Å². The molecule has 0 saturated carbocycles. The number of carbonyl (C=O) groups is 1. The van der Waals surface area contributed by atoms with E-state index >= 15 is 0 Å². The van der Waals surface area contributed by atoms with Crippen LogP contribution in [-0.4, -0.2) is 30.4 Å². The van der Waals surface area contributed by atoms with E-state index in [1.54, 1.807) is 35.0 Å². The minimum absolute atomic E-state index is 0.191. The number of imidazole rings is 1. The van der Waals surface area contributed by atoms with Crippen LogP contribution in [0, 0.1) is 6.92 Å². The van der Waals surface area contributed by atoms with Crippen molar-refractivity contribution in [2.24, 2.45) is 0 Å². The van der Waals surface area contributed by atoms with Crippen molar-refractivity contribution in [1.29, 1.82) is 0 Å². The van der Waals surface area contributed by atoms with Gasteiger partial charge in [0.2, 0.25) is 0 Å². The van der Waals surface area contributed by atoms with E-state index in [1.165, 1.54) is 12.7 Å². The Kier molecular flexibility index (Phi) is 5.62. The molecule has 4 aromatic rings. The fourth-order valence-corrected chi connectivity index (χ4v) is 3.09. The summed E-state index contributed by atoms with van der Waals surface area (Å²) in [6.45, 7) is 1.86. The van der Waals surface area contributed by atoms with E-state index in [0.717, 1.165) is 29.5 Å². The number of carbonyl (C=O) groups excluding carboxylic acids is 1. The number of nitrogens with one attached hydrogen (secondary N) is 1. The molecule has 0 aliphatic carbocycles. The molecule has 0 unspecified atom stereocenters. The number of hydrogen-bond acceptors (Lipinski definition) is 5. The highest BCUT2D eigenvalue weighted by molar-refractivity contribution is 6.33. The first-order valence-electron chi connectivity index (χ1n) is 9.19. The second-order valence-corrected chi connectivity index (χ2v) is 7.12. The number of hydrogen-bond donors (Lipinski definition) is 1. The molecule has 32 heavy (non-hydrogen) atoms. The molecule has 1 N–H and O–H groups in total. The highest BCUT2D eigenvalue weighted by Gasteiger charge is 2.30. The highest BCUT2D eigenvalue weighted by Crippen LogP contribution is 2.30. The number of anilines is 1. The van der Waals surface area contributed by atoms with Gasteiger partial charge in [0.15, 0.2) is 10.8 Å². The zero-order valence-corrected chi connectivity index (χ0v) is 17.2. The summed E-state index contributed by atoms with van der Waals surface area (Å²) in [5.41, 5.74) is 1.94. The highest BCUT2D eigenvalue weighted by atomic mass is 35.5. The summed E-state index contributed by atoms with van der Waals surface area (Å²) >= 11 is 6.01. The quantitative estimate of drug-likeness (QED) is 0.431. The molecule has 0 spiro atoms. The summed E-state index contributed by atoms with van der Waals surface area (Å²) in [7, 11) is 0. The Morgan fingerprint density at radius 3 is 2.72 bits per heavy atom. The molecular formula is C21H14ClF3N6O. The first-order valence-corrected chi connectivity index (χ1v) is 9.56. The summed E-state index contributed by atoms with van der Waals surface area (Å²) in [6, 6.07) is 6.55. The lowest BCUT2D eigenvalue weighted by Crippen LogP contribution is -2.14. The van der Waals surface area contributed by atoms with Crippen LogP contribution in [0.4, 0.5) is 19.0 Å². The third-order valence-electron chi connectivity index (χ3n) is 4.60. The monoisotopic (exact) mass is 458 g/mol. The van der Waals surface area contributed by atoms with E-state index in [-0.39, 0.29) is 16.5 Å². The first kappa shape index (κ1) is 21.4. The SMILES string of the molecule is Cc1ccc(C(=O)Nc2cc(C(F)(F)F)ccn2)cc1/C=C/n1cnc2c(Cl)ncnc21. The number of aryl methyl sites for hydroxylation is 1. The molecule has 0 saturated heterocycles. The number of rotatable bonds is 4. The van der Waals surface area contributed by atoms with Crippen molar-refractivity contribution < 1.29 is 18.0 Å². The molecule has 162 valence electrons. The number of amides is 1. The Morgan fingerprint density at radius 1 is 1.12 bits per heavy atom. The average molecular weight is 459 g/mol. The topological polar surface area (TPSA) is 85.6 Å². The van der Waals surface area contributed by atoms with E-state index < -0.39 is 17.6 Å². The van der Waals surface area contributed by atoms with Crippen molar-refractivity contribution in [3.63, 3.8) is 0 Å². The Balaban J connectivity index is 1.58. The predicted octanol–water partition coefficient (Wildman–Crippen LogP) is 5.08. The van der Waals surface area contributed by atoms with Gasteiger partial charge < -0.3 is 5.32 Å². The standard InChI is InChI=1S/C21H14ClF3N6O/c1-12-2-3-14(20(32)30-16-9-15(4-6-26-16)21(23,24)25)8-13(12)5-7-31-11-29-17-18(22)27-10-28-19(17)31/h2-11H,1H3,(H,26,30,32)/b7-5+. The van der Waals surface area contributed by atoms with Crippen molar-refractivity contribution in [1.82, 2.24) is 24.5 Å². The van der Waals surface area contributed by atoms with Crippen LogP contribution in [0.5, 0.6) is 0 Å². The first-order chi connectivity index (χ1) is 15.2. The Morgan fingerprint density at radius 2 is 1.94 bits per heavy atom. The molecule has 7 nitrogen and oxygen atoms in total. The molecule has 0 radical (unpaired) electrons. The number of fused-ring (bicyclic) bond motifs is 1. The molecule has 3 heterocycles. The lowest BCUT2D eigenvalue weighted by atomic mass is 10.0. The van der Waals surface area contributed by atoms with Gasteiger partial charge in [0.1, 0.15) is 24.0 Å². The second kappa shape index (κ2) is 8.39. The van der Waals surface area contributed by atoms with Crippen LogP contribution in [0.15, 0.2) is 49.2 Å². The molecule has 0 bridgehead atoms. The number of alkyl halides is 3. The van der Waals surface area contributed by atoms with E-state index in [1.807, 2.05) is 6.92 Å². The van der Waals surface area contributed by atoms with Gasteiger partial charge in [-0.2, -0.15) is 13.2 Å². The van der Waals surface area contributed by atoms with E-state index in [0.29, 0.717) is 11.2 Å². The Hall–Kier alpha value is -3.79. The van der Waals surface area contributed by atoms with Gasteiger partial charge in [-0.25, -0.2) is 19.9 Å². The summed E-state index contributed by atoms with van der Waals surface area (Å²) in [5.74, 6) is -0.775. The zero-order chi connectivity index (χ0) is 22.9. The van der Waals surface area contributed by atoms with Crippen LogP contribution in [0.3, 0.4) is 0 Å². The molecule has 0 aliphatic heterocycles. The normalized spacial score (nSPS) is 11.9. The van der Waals surface area contributed by atoms with Crippen molar-refractivity contribution in [3.05, 3.63) is 76.6 Å². The smallest absolute Gasteiger partial charge is 0.307 e. The summed E-state index contributed by atoms with van der Waals surface area (Å²) in [4.78, 5) is 28.6. The maximum atomic E-state index is 12.9. The van der Waals surface area contributed by atoms with Gasteiger partial charge in [-0.3, -0.25) is 9.36 Å². The fourth-order valence-electron chi connectivity index (χ4n) is 2.92. The molecule has 0 aliphatic rings. The molecule has 11 heteroatoms. The molecule has 0 fully saturated rings. The van der Waals surface area contributed by atoms with Crippen molar-refractivity contribution in [2.75, 3.05) is 5.32 Å². The number of nitrogens with zero attached hydrogens (tertiary/aromatic N) is 5. The van der Waals surface area contributed by atoms with Gasteiger partial charge in [-0.05, 0) is 48.4 Å². The number of benzene rings is 1. The number of aromatic nitrogens is 5. The molecule has 0 atom stereocenters. The van der Waals surface area contributed by atoms with E-state index in [2.05, 4.69) is 25.3 Å². The summed E-state index contributed by atoms with van der Waals surface area (Å²) in [6.07, 6.45) is 2.79.